The van der Waals surface area contributed by atoms with Gasteiger partial charge >= 0.3 is 5.97 Å². The molecule has 7 saturated heterocycles. The van der Waals surface area contributed by atoms with Crippen LogP contribution in [0, 0.1) is 11.8 Å². The van der Waals surface area contributed by atoms with E-state index in [1.165, 1.54) is 20.8 Å². The molecular weight excluding hydrogens is 802 g/mol. The zero-order valence-corrected chi connectivity index (χ0v) is 35.9. The summed E-state index contributed by atoms with van der Waals surface area (Å²) >= 11 is 0. The first-order valence-electron chi connectivity index (χ1n) is 21.5. The number of ether oxygens (including phenoxy) is 3. The van der Waals surface area contributed by atoms with Gasteiger partial charge in [0.2, 0.25) is 11.7 Å². The lowest BCUT2D eigenvalue weighted by Crippen LogP contribution is -2.73. The van der Waals surface area contributed by atoms with Crippen LogP contribution in [-0.2, 0) is 47.8 Å². The van der Waals surface area contributed by atoms with Gasteiger partial charge in [-0.2, -0.15) is 0 Å². The number of carbonyl (C=O) groups is 7. The van der Waals surface area contributed by atoms with Gasteiger partial charge in [0.25, 0.3) is 29.5 Å². The number of hydrogen-bond acceptors (Lipinski definition) is 16. The third kappa shape index (κ3) is 8.82. The van der Waals surface area contributed by atoms with E-state index in [1.54, 1.807) is 13.8 Å². The quantitative estimate of drug-likeness (QED) is 0.107. The minimum Gasteiger partial charge on any atom is -0.458 e. The zero-order valence-electron chi connectivity index (χ0n) is 35.9. The molecule has 6 amide bonds. The van der Waals surface area contributed by atoms with Crippen molar-refractivity contribution in [3.05, 3.63) is 0 Å². The molecule has 0 aromatic rings. The molecule has 0 saturated carbocycles. The molecule has 342 valence electrons. The van der Waals surface area contributed by atoms with E-state index in [1.807, 2.05) is 13.8 Å². The first-order valence-corrected chi connectivity index (χ1v) is 21.5. The Morgan fingerprint density at radius 2 is 1.30 bits per heavy atom. The summed E-state index contributed by atoms with van der Waals surface area (Å²) in [7, 11) is 0. The van der Waals surface area contributed by atoms with Gasteiger partial charge in [0.15, 0.2) is 11.6 Å². The molecule has 11 atom stereocenters. The second-order valence-electron chi connectivity index (χ2n) is 17.7. The average Bonchev–Trinajstić information content (AvgIpc) is 3.24. The number of fused-ring (bicyclic) bond motifs is 6. The highest BCUT2D eigenvalue weighted by Gasteiger charge is 2.63. The molecule has 61 heavy (non-hydrogen) atoms. The van der Waals surface area contributed by atoms with Gasteiger partial charge in [-0.3, -0.25) is 49.0 Å². The number of nitrogens with zero attached hydrogens (tertiary/aromatic N) is 4. The fourth-order valence-electron chi connectivity index (χ4n) is 9.34. The van der Waals surface area contributed by atoms with Gasteiger partial charge in [-0.15, -0.1) is 0 Å². The number of hydrazine groups is 3. The zero-order chi connectivity index (χ0) is 44.7. The number of aliphatic hydroxyl groups excluding tert-OH is 1. The Bertz CT molecular complexity index is 1700. The topological polar surface area (TPSA) is 281 Å². The van der Waals surface area contributed by atoms with E-state index in [2.05, 4.69) is 26.9 Å². The van der Waals surface area contributed by atoms with Crippen LogP contribution in [-0.4, -0.2) is 169 Å². The van der Waals surface area contributed by atoms with Crippen LogP contribution in [0.5, 0.6) is 0 Å². The third-order valence-corrected chi connectivity index (χ3v) is 13.1. The minimum atomic E-state index is -2.44. The monoisotopic (exact) mass is 865 g/mol. The fraction of sp³-hybridized carbons (Fsp3) is 0.821. The number of amides is 6. The van der Waals surface area contributed by atoms with Crippen molar-refractivity contribution in [2.45, 2.75) is 172 Å². The van der Waals surface area contributed by atoms with Crippen molar-refractivity contribution in [2.75, 3.05) is 19.6 Å². The van der Waals surface area contributed by atoms with Gasteiger partial charge in [-0.05, 0) is 85.5 Å². The Labute approximate surface area is 354 Å². The van der Waals surface area contributed by atoms with Crippen LogP contribution >= 0.6 is 0 Å². The number of rotatable bonds is 5. The van der Waals surface area contributed by atoms with E-state index in [-0.39, 0.29) is 62.0 Å². The van der Waals surface area contributed by atoms with E-state index >= 15 is 0 Å². The first-order chi connectivity index (χ1) is 28.7. The molecule has 7 aliphatic heterocycles. The minimum absolute atomic E-state index is 0.0109. The average molecular weight is 866 g/mol. The molecule has 0 aliphatic carbocycles. The van der Waals surface area contributed by atoms with Gasteiger partial charge in [-0.1, -0.05) is 13.8 Å². The Morgan fingerprint density at radius 3 is 1.82 bits per heavy atom. The van der Waals surface area contributed by atoms with Crippen LogP contribution < -0.4 is 26.9 Å². The molecule has 8 N–H and O–H groups in total. The molecule has 0 spiro atoms. The third-order valence-electron chi connectivity index (χ3n) is 13.1. The predicted molar refractivity (Wildman–Crippen MR) is 209 cm³/mol. The lowest BCUT2D eigenvalue weighted by molar-refractivity contribution is -0.403. The van der Waals surface area contributed by atoms with Crippen LogP contribution in [0.2, 0.25) is 0 Å². The van der Waals surface area contributed by atoms with Crippen LogP contribution in [0.15, 0.2) is 0 Å². The van der Waals surface area contributed by atoms with Gasteiger partial charge < -0.3 is 35.1 Å². The molecule has 0 aromatic heterocycles. The summed E-state index contributed by atoms with van der Waals surface area (Å²) in [4.78, 5) is 100. The number of carbonyl (C=O) groups excluding carboxylic acids is 7. The summed E-state index contributed by atoms with van der Waals surface area (Å²) in [6, 6.07) is -9.05. The van der Waals surface area contributed by atoms with Gasteiger partial charge in [0.05, 0.1) is 18.3 Å². The number of cyclic esters (lactones) is 1. The number of aliphatic hydroxyl groups is 2. The molecule has 2 bridgehead atoms. The van der Waals surface area contributed by atoms with Crippen molar-refractivity contribution in [3.8, 4) is 0 Å². The normalized spacial score (nSPS) is 37.6. The predicted octanol–water partition coefficient (Wildman–Crippen LogP) is -2.31. The largest absolute Gasteiger partial charge is 0.458 e. The summed E-state index contributed by atoms with van der Waals surface area (Å²) in [5.74, 6) is -9.35. The van der Waals surface area contributed by atoms with Crippen molar-refractivity contribution < 1.29 is 63.2 Å². The van der Waals surface area contributed by atoms with E-state index in [9.17, 15) is 49.0 Å². The van der Waals surface area contributed by atoms with Crippen molar-refractivity contribution in [1.82, 2.24) is 47.0 Å². The van der Waals surface area contributed by atoms with Crippen LogP contribution in [0.4, 0.5) is 0 Å². The molecule has 11 unspecified atom stereocenters. The summed E-state index contributed by atoms with van der Waals surface area (Å²) in [6.45, 7) is 11.2. The van der Waals surface area contributed by atoms with E-state index in [4.69, 9.17) is 14.2 Å². The van der Waals surface area contributed by atoms with Crippen molar-refractivity contribution in [1.29, 1.82) is 0 Å². The second kappa shape index (κ2) is 18.4. The van der Waals surface area contributed by atoms with E-state index < -0.39 is 107 Å². The van der Waals surface area contributed by atoms with Gasteiger partial charge in [0, 0.05) is 32.0 Å². The van der Waals surface area contributed by atoms with Crippen molar-refractivity contribution in [3.63, 3.8) is 0 Å². The molecule has 7 fully saturated rings. The highest BCUT2D eigenvalue weighted by Crippen LogP contribution is 2.48. The molecule has 7 heterocycles. The summed E-state index contributed by atoms with van der Waals surface area (Å²) in [6.07, 6.45) is -1.66. The first kappa shape index (κ1) is 46.5. The Kier molecular flexibility index (Phi) is 14.0. The summed E-state index contributed by atoms with van der Waals surface area (Å²) in [5.41, 5.74) is 6.24. The number of hydroxylamine groups is 2. The lowest BCUT2D eigenvalue weighted by atomic mass is 9.77. The fourth-order valence-corrected chi connectivity index (χ4v) is 9.34. The van der Waals surface area contributed by atoms with Crippen LogP contribution in [0.3, 0.4) is 0 Å². The highest BCUT2D eigenvalue weighted by molar-refractivity contribution is 5.97. The molecule has 22 nitrogen and oxygen atoms in total. The Morgan fingerprint density at radius 1 is 0.787 bits per heavy atom. The molecular formula is C39H63N9O13. The van der Waals surface area contributed by atoms with E-state index in [0.29, 0.717) is 32.2 Å². The maximum Gasteiger partial charge on any atom is 0.331 e. The summed E-state index contributed by atoms with van der Waals surface area (Å²) < 4.78 is 18.3. The standard InChI is InChI=1S/C39H63N9O13/c1-19(2)30-29(44-37(56)38(7,57)39-15-14-24(22(5)60-39)23(6)61-39)35(54)47-27(13-10-18-42-47)34(53)48(58)20(3)32(51)46-26(12-9-17-41-46)33(52)45-25(11-8-16-40-45)31(50)43-28(21(4)49)36(55)59-30/h19-30,40-42,49,57-58H,8-18H2,1-7H3,(H,43,50)(H,44,56). The SMILES string of the molecule is CC(C)C1OC(=O)C(C(C)O)NC(=O)C2CCCNN2C(=O)C2CCCNN2C(=O)C(C)N(O)C(=O)C2CCCNN2C(=O)C1NC(=O)C(C)(O)C12CCC(C(C)O1)C(C)O2. The Hall–Kier alpha value is -4.03. The molecule has 7 aliphatic rings. The Balaban J connectivity index is 1.42. The maximum absolute atomic E-state index is 15.0. The molecule has 0 radical (unpaired) electrons. The molecule has 0 aromatic carbocycles. The van der Waals surface area contributed by atoms with Gasteiger partial charge in [0.1, 0.15) is 36.3 Å². The highest BCUT2D eigenvalue weighted by atomic mass is 16.7. The lowest BCUT2D eigenvalue weighted by Gasteiger charge is -2.57. The van der Waals surface area contributed by atoms with Crippen LogP contribution in [0.25, 0.3) is 0 Å². The van der Waals surface area contributed by atoms with Crippen LogP contribution in [0.1, 0.15) is 99.8 Å². The summed E-state index contributed by atoms with van der Waals surface area (Å²) in [5, 5.41) is 42.7. The second-order valence-corrected chi connectivity index (χ2v) is 17.7. The van der Waals surface area contributed by atoms with Gasteiger partial charge in [-0.25, -0.2) is 26.1 Å². The van der Waals surface area contributed by atoms with Crippen molar-refractivity contribution >= 4 is 41.4 Å². The number of esters is 1. The number of hydrogen-bond donors (Lipinski definition) is 8. The van der Waals surface area contributed by atoms with E-state index in [0.717, 1.165) is 15.0 Å². The molecule has 7 rings (SSSR count). The smallest absolute Gasteiger partial charge is 0.331 e. The number of nitrogens with one attached hydrogen (secondary N) is 5. The van der Waals surface area contributed by atoms with Crippen molar-refractivity contribution in [2.24, 2.45) is 11.8 Å². The maximum atomic E-state index is 15.0. The molecule has 22 heteroatoms.